The number of carboxylic acids is 1. The van der Waals surface area contributed by atoms with Crippen LogP contribution in [0.5, 0.6) is 0 Å². The third-order valence-corrected chi connectivity index (χ3v) is 2.68. The molecule has 7 nitrogen and oxygen atoms in total. The molecule has 2 rings (SSSR count). The molecule has 0 aliphatic rings. The second kappa shape index (κ2) is 4.97. The lowest BCUT2D eigenvalue weighted by atomic mass is 10.3. The molecule has 0 saturated heterocycles. The maximum Gasteiger partial charge on any atom is 0.358 e. The molecular weight excluding hydrogens is 250 g/mol. The van der Waals surface area contributed by atoms with Crippen molar-refractivity contribution >= 4 is 23.1 Å². The summed E-state index contributed by atoms with van der Waals surface area (Å²) in [5.41, 5.74) is 6.81. The Kier molecular flexibility index (Phi) is 3.37. The summed E-state index contributed by atoms with van der Waals surface area (Å²) in [6.07, 6.45) is 1.81. The van der Waals surface area contributed by atoms with Gasteiger partial charge in [-0.15, -0.1) is 0 Å². The molecule has 0 saturated carbocycles. The molecule has 0 aliphatic carbocycles. The summed E-state index contributed by atoms with van der Waals surface area (Å²) in [4.78, 5) is 26.4. The first-order chi connectivity index (χ1) is 9.02. The van der Waals surface area contributed by atoms with E-state index in [0.29, 0.717) is 17.0 Å². The fourth-order valence-corrected chi connectivity index (χ4v) is 1.81. The van der Waals surface area contributed by atoms with Crippen molar-refractivity contribution in [3.63, 3.8) is 0 Å². The van der Waals surface area contributed by atoms with E-state index < -0.39 is 11.9 Å². The number of nitrogens with zero attached hydrogens (tertiary/aromatic N) is 2. The van der Waals surface area contributed by atoms with E-state index in [1.165, 1.54) is 7.11 Å². The van der Waals surface area contributed by atoms with Gasteiger partial charge in [0, 0.05) is 18.3 Å². The summed E-state index contributed by atoms with van der Waals surface area (Å²) in [5, 5.41) is 8.70. The molecule has 0 radical (unpaired) electrons. The number of carboxylic acid groups (broad SMARTS) is 1. The molecule has 0 aliphatic heterocycles. The summed E-state index contributed by atoms with van der Waals surface area (Å²) < 4.78 is 6.30. The quantitative estimate of drug-likeness (QED) is 0.787. The minimum atomic E-state index is -0.924. The Balaban J connectivity index is 2.53. The Bertz CT molecular complexity index is 648. The molecule has 0 atom stereocenters. The van der Waals surface area contributed by atoms with E-state index in [9.17, 15) is 9.59 Å². The fourth-order valence-electron chi connectivity index (χ4n) is 1.81. The predicted octanol–water partition coefficient (Wildman–Crippen LogP) is 0.720. The Morgan fingerprint density at radius 1 is 1.53 bits per heavy atom. The third kappa shape index (κ3) is 2.49. The summed E-state index contributed by atoms with van der Waals surface area (Å²) in [6, 6.07) is 3.25. The second-order valence-electron chi connectivity index (χ2n) is 3.98. The zero-order chi connectivity index (χ0) is 14.0. The number of carbonyl (C=O) groups is 2. The second-order valence-corrected chi connectivity index (χ2v) is 3.98. The first-order valence-corrected chi connectivity index (χ1v) is 5.59. The van der Waals surface area contributed by atoms with Crippen LogP contribution in [-0.2, 0) is 16.0 Å². The Morgan fingerprint density at radius 3 is 2.89 bits per heavy atom. The SMILES string of the molecule is COC(=O)c1nc(CCC(=O)O)n2ccc(N)cc12. The fraction of sp³-hybridized carbons (Fsp3) is 0.250. The molecule has 0 unspecified atom stereocenters. The molecule has 0 bridgehead atoms. The molecule has 2 aromatic rings. The minimum absolute atomic E-state index is 0.0654. The number of aryl methyl sites for hydroxylation is 1. The number of ether oxygens (including phenoxy) is 1. The van der Waals surface area contributed by atoms with Crippen LogP contribution in [0, 0.1) is 0 Å². The molecule has 100 valence electrons. The molecule has 2 heterocycles. The standard InChI is InChI=1S/C12H13N3O4/c1-19-12(18)11-8-6-7(13)4-5-15(8)9(14-11)2-3-10(16)17/h4-6H,2-3,13H2,1H3,(H,16,17). The van der Waals surface area contributed by atoms with E-state index in [1.54, 1.807) is 22.7 Å². The summed E-state index contributed by atoms with van der Waals surface area (Å²) in [6.45, 7) is 0. The number of nitrogens with two attached hydrogens (primary N) is 1. The first kappa shape index (κ1) is 12.9. The average molecular weight is 263 g/mol. The number of nitrogen functional groups attached to an aromatic ring is 1. The van der Waals surface area contributed by atoms with Crippen LogP contribution in [0.2, 0.25) is 0 Å². The van der Waals surface area contributed by atoms with Crippen molar-refractivity contribution in [1.82, 2.24) is 9.38 Å². The van der Waals surface area contributed by atoms with E-state index in [0.717, 1.165) is 0 Å². The highest BCUT2D eigenvalue weighted by Gasteiger charge is 2.18. The van der Waals surface area contributed by atoms with E-state index in [-0.39, 0.29) is 18.5 Å². The zero-order valence-corrected chi connectivity index (χ0v) is 10.3. The van der Waals surface area contributed by atoms with Gasteiger partial charge in [-0.25, -0.2) is 9.78 Å². The van der Waals surface area contributed by atoms with Gasteiger partial charge >= 0.3 is 11.9 Å². The molecule has 19 heavy (non-hydrogen) atoms. The Morgan fingerprint density at radius 2 is 2.26 bits per heavy atom. The van der Waals surface area contributed by atoms with Gasteiger partial charge in [0.15, 0.2) is 5.69 Å². The Hall–Kier alpha value is -2.57. The van der Waals surface area contributed by atoms with Crippen LogP contribution in [0.4, 0.5) is 5.69 Å². The number of methoxy groups -OCH3 is 1. The van der Waals surface area contributed by atoms with Crippen LogP contribution in [0.15, 0.2) is 18.3 Å². The van der Waals surface area contributed by atoms with Crippen molar-refractivity contribution in [1.29, 1.82) is 0 Å². The number of aliphatic carboxylic acids is 1. The van der Waals surface area contributed by atoms with Crippen molar-refractivity contribution in [3.05, 3.63) is 29.8 Å². The number of fused-ring (bicyclic) bond motifs is 1. The maximum absolute atomic E-state index is 11.6. The number of carbonyl (C=O) groups excluding carboxylic acids is 1. The number of pyridine rings is 1. The van der Waals surface area contributed by atoms with Gasteiger partial charge in [0.2, 0.25) is 0 Å². The smallest absolute Gasteiger partial charge is 0.358 e. The van der Waals surface area contributed by atoms with Gasteiger partial charge in [-0.3, -0.25) is 4.79 Å². The number of hydrogen-bond acceptors (Lipinski definition) is 5. The molecule has 0 amide bonds. The van der Waals surface area contributed by atoms with Crippen LogP contribution >= 0.6 is 0 Å². The highest BCUT2D eigenvalue weighted by atomic mass is 16.5. The maximum atomic E-state index is 11.6. The van der Waals surface area contributed by atoms with Gasteiger partial charge in [-0.05, 0) is 12.1 Å². The van der Waals surface area contributed by atoms with Crippen molar-refractivity contribution in [2.45, 2.75) is 12.8 Å². The molecule has 0 fully saturated rings. The minimum Gasteiger partial charge on any atom is -0.481 e. The number of esters is 1. The lowest BCUT2D eigenvalue weighted by Crippen LogP contribution is -2.03. The van der Waals surface area contributed by atoms with Crippen LogP contribution in [-0.4, -0.2) is 33.5 Å². The zero-order valence-electron chi connectivity index (χ0n) is 10.3. The number of anilines is 1. The lowest BCUT2D eigenvalue weighted by Gasteiger charge is -2.00. The number of hydrogen-bond donors (Lipinski definition) is 2. The average Bonchev–Trinajstić information content (AvgIpc) is 2.73. The van der Waals surface area contributed by atoms with Crippen molar-refractivity contribution < 1.29 is 19.4 Å². The summed E-state index contributed by atoms with van der Waals surface area (Å²) in [5.74, 6) is -1.02. The van der Waals surface area contributed by atoms with E-state index in [1.807, 2.05) is 0 Å². The molecule has 0 spiro atoms. The van der Waals surface area contributed by atoms with Gasteiger partial charge in [0.05, 0.1) is 19.0 Å². The highest BCUT2D eigenvalue weighted by Crippen LogP contribution is 2.18. The normalized spacial score (nSPS) is 10.6. The van der Waals surface area contributed by atoms with Gasteiger partial charge in [0.25, 0.3) is 0 Å². The number of rotatable bonds is 4. The highest BCUT2D eigenvalue weighted by molar-refractivity contribution is 5.95. The van der Waals surface area contributed by atoms with E-state index in [4.69, 9.17) is 10.8 Å². The molecular formula is C12H13N3O4. The molecule has 0 aromatic carbocycles. The van der Waals surface area contributed by atoms with Gasteiger partial charge in [-0.1, -0.05) is 0 Å². The van der Waals surface area contributed by atoms with Crippen LogP contribution in [0.1, 0.15) is 22.7 Å². The van der Waals surface area contributed by atoms with Crippen molar-refractivity contribution in [2.24, 2.45) is 0 Å². The topological polar surface area (TPSA) is 107 Å². The molecule has 2 aromatic heterocycles. The van der Waals surface area contributed by atoms with Gasteiger partial charge in [-0.2, -0.15) is 0 Å². The van der Waals surface area contributed by atoms with E-state index in [2.05, 4.69) is 9.72 Å². The van der Waals surface area contributed by atoms with Crippen LogP contribution in [0.25, 0.3) is 5.52 Å². The molecule has 3 N–H and O–H groups in total. The first-order valence-electron chi connectivity index (χ1n) is 5.59. The third-order valence-electron chi connectivity index (χ3n) is 2.68. The van der Waals surface area contributed by atoms with Crippen molar-refractivity contribution in [3.8, 4) is 0 Å². The van der Waals surface area contributed by atoms with E-state index >= 15 is 0 Å². The van der Waals surface area contributed by atoms with Gasteiger partial charge in [0.1, 0.15) is 5.82 Å². The van der Waals surface area contributed by atoms with Crippen LogP contribution in [0.3, 0.4) is 0 Å². The lowest BCUT2D eigenvalue weighted by molar-refractivity contribution is -0.137. The monoisotopic (exact) mass is 263 g/mol. The largest absolute Gasteiger partial charge is 0.481 e. The number of imidazole rings is 1. The summed E-state index contributed by atoms with van der Waals surface area (Å²) >= 11 is 0. The number of aromatic nitrogens is 2. The predicted molar refractivity (Wildman–Crippen MR) is 66.9 cm³/mol. The van der Waals surface area contributed by atoms with Crippen molar-refractivity contribution in [2.75, 3.05) is 12.8 Å². The summed E-state index contributed by atoms with van der Waals surface area (Å²) in [7, 11) is 1.26. The Labute approximate surface area is 108 Å². The van der Waals surface area contributed by atoms with Crippen LogP contribution < -0.4 is 5.73 Å². The molecule has 7 heteroatoms. The van der Waals surface area contributed by atoms with Gasteiger partial charge < -0.3 is 20.0 Å².